The number of para-hydroxylation sites is 1. The molecule has 0 bridgehead atoms. The monoisotopic (exact) mass is 458 g/mol. The van der Waals surface area contributed by atoms with E-state index in [0.29, 0.717) is 30.2 Å². The number of methoxy groups -OCH3 is 1. The van der Waals surface area contributed by atoms with Crippen LogP contribution in [-0.4, -0.2) is 32.1 Å². The molecule has 0 radical (unpaired) electrons. The lowest BCUT2D eigenvalue weighted by atomic mass is 10.1. The number of carbonyl (C=O) groups is 2. The summed E-state index contributed by atoms with van der Waals surface area (Å²) >= 11 is 1.48. The molecular weight excluding hydrogens is 432 g/mol. The van der Waals surface area contributed by atoms with Gasteiger partial charge >= 0.3 is 0 Å². The van der Waals surface area contributed by atoms with Crippen molar-refractivity contribution in [2.24, 2.45) is 0 Å². The number of nitrogens with zero attached hydrogens (tertiary/aromatic N) is 1. The number of rotatable bonds is 7. The van der Waals surface area contributed by atoms with Gasteiger partial charge in [0.2, 0.25) is 0 Å². The molecule has 3 aromatic rings. The second kappa shape index (κ2) is 10.5. The van der Waals surface area contributed by atoms with Crippen LogP contribution in [0.25, 0.3) is 6.08 Å². The zero-order valence-electron chi connectivity index (χ0n) is 18.7. The number of benzene rings is 3. The minimum Gasteiger partial charge on any atom is -0.383 e. The van der Waals surface area contributed by atoms with E-state index in [1.165, 1.54) is 11.8 Å². The van der Waals surface area contributed by atoms with E-state index in [4.69, 9.17) is 4.74 Å². The van der Waals surface area contributed by atoms with Crippen LogP contribution in [0.1, 0.15) is 27.0 Å². The van der Waals surface area contributed by atoms with E-state index < -0.39 is 0 Å². The van der Waals surface area contributed by atoms with Crippen molar-refractivity contribution < 1.29 is 14.3 Å². The maximum absolute atomic E-state index is 13.5. The van der Waals surface area contributed by atoms with Crippen molar-refractivity contribution in [3.63, 3.8) is 0 Å². The predicted octanol–water partition coefficient (Wildman–Crippen LogP) is 5.05. The summed E-state index contributed by atoms with van der Waals surface area (Å²) in [6.07, 6.45) is 1.89. The van der Waals surface area contributed by atoms with Crippen molar-refractivity contribution in [2.75, 3.05) is 25.2 Å². The summed E-state index contributed by atoms with van der Waals surface area (Å²) in [4.78, 5) is 29.2. The van der Waals surface area contributed by atoms with Crippen molar-refractivity contribution in [2.45, 2.75) is 18.4 Å². The number of anilines is 1. The predicted molar refractivity (Wildman–Crippen MR) is 133 cm³/mol. The summed E-state index contributed by atoms with van der Waals surface area (Å²) in [5, 5.41) is 2.81. The highest BCUT2D eigenvalue weighted by atomic mass is 32.2. The molecule has 2 amide bonds. The molecule has 168 valence electrons. The van der Waals surface area contributed by atoms with Gasteiger partial charge in [-0.05, 0) is 54.0 Å². The number of carbonyl (C=O) groups excluding carboxylic acids is 2. The summed E-state index contributed by atoms with van der Waals surface area (Å²) in [5.41, 5.74) is 4.65. The first-order chi connectivity index (χ1) is 16.1. The van der Waals surface area contributed by atoms with Gasteiger partial charge in [0.15, 0.2) is 0 Å². The normalized spacial score (nSPS) is 14.3. The van der Waals surface area contributed by atoms with Crippen LogP contribution in [0.2, 0.25) is 0 Å². The summed E-state index contributed by atoms with van der Waals surface area (Å²) in [5.74, 6) is -0.170. The van der Waals surface area contributed by atoms with Crippen molar-refractivity contribution in [3.8, 4) is 0 Å². The molecule has 0 atom stereocenters. The number of thioether (sulfide) groups is 1. The Kier molecular flexibility index (Phi) is 7.27. The minimum absolute atomic E-state index is 0.0247. The van der Waals surface area contributed by atoms with E-state index >= 15 is 0 Å². The molecule has 0 unspecified atom stereocenters. The van der Waals surface area contributed by atoms with Gasteiger partial charge in [0.1, 0.15) is 0 Å². The number of hydrogen-bond donors (Lipinski definition) is 1. The first-order valence-corrected chi connectivity index (χ1v) is 11.6. The van der Waals surface area contributed by atoms with Crippen LogP contribution in [0.5, 0.6) is 0 Å². The second-order valence-corrected chi connectivity index (χ2v) is 8.85. The average Bonchev–Trinajstić information content (AvgIpc) is 2.83. The number of nitrogens with one attached hydrogen (secondary N) is 1. The van der Waals surface area contributed by atoms with Crippen LogP contribution in [0, 0.1) is 6.92 Å². The highest BCUT2D eigenvalue weighted by molar-refractivity contribution is 8.04. The first kappa shape index (κ1) is 22.8. The van der Waals surface area contributed by atoms with Crippen LogP contribution in [-0.2, 0) is 16.1 Å². The van der Waals surface area contributed by atoms with Crippen molar-refractivity contribution in [3.05, 3.63) is 100.0 Å². The molecule has 0 aromatic heterocycles. The summed E-state index contributed by atoms with van der Waals surface area (Å²) in [7, 11) is 1.60. The topological polar surface area (TPSA) is 58.6 Å². The molecule has 0 saturated heterocycles. The molecule has 1 aliphatic heterocycles. The lowest BCUT2D eigenvalue weighted by molar-refractivity contribution is -0.114. The Morgan fingerprint density at radius 1 is 1.03 bits per heavy atom. The molecule has 1 heterocycles. The Morgan fingerprint density at radius 2 is 1.76 bits per heavy atom. The Bertz CT molecular complexity index is 1190. The third-order valence-electron chi connectivity index (χ3n) is 5.48. The van der Waals surface area contributed by atoms with Gasteiger partial charge in [0, 0.05) is 24.1 Å². The zero-order chi connectivity index (χ0) is 23.2. The van der Waals surface area contributed by atoms with Gasteiger partial charge in [0.25, 0.3) is 11.8 Å². The molecule has 4 rings (SSSR count). The van der Waals surface area contributed by atoms with Gasteiger partial charge in [-0.2, -0.15) is 0 Å². The maximum Gasteiger partial charge on any atom is 0.265 e. The van der Waals surface area contributed by atoms with Gasteiger partial charge in [0.05, 0.1) is 23.7 Å². The van der Waals surface area contributed by atoms with Gasteiger partial charge in [-0.25, -0.2) is 0 Å². The number of hydrogen-bond acceptors (Lipinski definition) is 4. The Hall–Kier alpha value is -3.35. The molecule has 0 fully saturated rings. The van der Waals surface area contributed by atoms with E-state index in [1.54, 1.807) is 19.2 Å². The Morgan fingerprint density at radius 3 is 2.52 bits per heavy atom. The number of amides is 2. The van der Waals surface area contributed by atoms with Crippen LogP contribution in [0.3, 0.4) is 0 Å². The molecule has 33 heavy (non-hydrogen) atoms. The Labute approximate surface area is 198 Å². The van der Waals surface area contributed by atoms with E-state index in [1.807, 2.05) is 59.5 Å². The molecule has 3 aromatic carbocycles. The molecule has 1 aliphatic rings. The SMILES string of the molecule is COCCNC(=O)c1ccc(/C=C2/Sc3ccccc3N(Cc3ccccc3C)C2=O)cc1. The quantitative estimate of drug-likeness (QED) is 0.398. The average molecular weight is 459 g/mol. The summed E-state index contributed by atoms with van der Waals surface area (Å²) in [6.45, 7) is 3.51. The van der Waals surface area contributed by atoms with Crippen LogP contribution in [0.15, 0.2) is 82.6 Å². The van der Waals surface area contributed by atoms with Crippen LogP contribution >= 0.6 is 11.8 Å². The summed E-state index contributed by atoms with van der Waals surface area (Å²) < 4.78 is 4.96. The molecule has 5 nitrogen and oxygen atoms in total. The largest absolute Gasteiger partial charge is 0.383 e. The van der Waals surface area contributed by atoms with Gasteiger partial charge in [-0.1, -0.05) is 60.3 Å². The third-order valence-corrected chi connectivity index (χ3v) is 6.56. The van der Waals surface area contributed by atoms with Crippen LogP contribution < -0.4 is 10.2 Å². The van der Waals surface area contributed by atoms with Crippen molar-refractivity contribution >= 4 is 35.3 Å². The highest BCUT2D eigenvalue weighted by Crippen LogP contribution is 2.42. The smallest absolute Gasteiger partial charge is 0.265 e. The molecular formula is C27H26N2O3S. The molecule has 0 saturated carbocycles. The number of ether oxygens (including phenoxy) is 1. The van der Waals surface area contributed by atoms with Crippen LogP contribution in [0.4, 0.5) is 5.69 Å². The highest BCUT2D eigenvalue weighted by Gasteiger charge is 2.29. The van der Waals surface area contributed by atoms with E-state index in [-0.39, 0.29) is 11.8 Å². The van der Waals surface area contributed by atoms with Gasteiger partial charge in [-0.3, -0.25) is 9.59 Å². The van der Waals surface area contributed by atoms with E-state index in [9.17, 15) is 9.59 Å². The lowest BCUT2D eigenvalue weighted by Crippen LogP contribution is -2.33. The molecule has 6 heteroatoms. The Balaban J connectivity index is 1.58. The fourth-order valence-corrected chi connectivity index (χ4v) is 4.69. The number of aryl methyl sites for hydroxylation is 1. The third kappa shape index (κ3) is 5.35. The fourth-order valence-electron chi connectivity index (χ4n) is 3.63. The van der Waals surface area contributed by atoms with E-state index in [2.05, 4.69) is 24.4 Å². The summed E-state index contributed by atoms with van der Waals surface area (Å²) in [6, 6.07) is 23.4. The van der Waals surface area contributed by atoms with Gasteiger partial charge in [-0.15, -0.1) is 0 Å². The molecule has 0 spiro atoms. The first-order valence-electron chi connectivity index (χ1n) is 10.8. The van der Waals surface area contributed by atoms with E-state index in [0.717, 1.165) is 27.3 Å². The van der Waals surface area contributed by atoms with Crippen molar-refractivity contribution in [1.82, 2.24) is 5.32 Å². The maximum atomic E-state index is 13.5. The van der Waals surface area contributed by atoms with Gasteiger partial charge < -0.3 is 15.0 Å². The fraction of sp³-hybridized carbons (Fsp3) is 0.185. The number of fused-ring (bicyclic) bond motifs is 1. The van der Waals surface area contributed by atoms with Crippen molar-refractivity contribution in [1.29, 1.82) is 0 Å². The molecule has 0 aliphatic carbocycles. The lowest BCUT2D eigenvalue weighted by Gasteiger charge is -2.31. The standard InChI is InChI=1S/C27H26N2O3S/c1-19-7-3-4-8-22(19)18-29-23-9-5-6-10-24(23)33-25(27(29)31)17-20-11-13-21(14-12-20)26(30)28-15-16-32-2/h3-14,17H,15-16,18H2,1-2H3,(H,28,30)/b25-17+. The molecule has 1 N–H and O–H groups in total. The zero-order valence-corrected chi connectivity index (χ0v) is 19.5. The minimum atomic E-state index is -0.146. The second-order valence-electron chi connectivity index (χ2n) is 7.77.